The summed E-state index contributed by atoms with van der Waals surface area (Å²) in [5, 5.41) is 6.79. The highest BCUT2D eigenvalue weighted by Crippen LogP contribution is 2.18. The lowest BCUT2D eigenvalue weighted by Gasteiger charge is -2.30. The van der Waals surface area contributed by atoms with E-state index in [1.54, 1.807) is 4.90 Å². The summed E-state index contributed by atoms with van der Waals surface area (Å²) >= 11 is 0. The van der Waals surface area contributed by atoms with Gasteiger partial charge in [0.25, 0.3) is 0 Å². The Kier molecular flexibility index (Phi) is 14.1. The molecule has 166 valence electrons. The van der Waals surface area contributed by atoms with Gasteiger partial charge in [0.1, 0.15) is 0 Å². The lowest BCUT2D eigenvalue weighted by Crippen LogP contribution is -2.46. The molecule has 0 bridgehead atoms. The first kappa shape index (κ1) is 27.4. The van der Waals surface area contributed by atoms with Crippen LogP contribution in [0.2, 0.25) is 0 Å². The van der Waals surface area contributed by atoms with Gasteiger partial charge in [-0.2, -0.15) is 0 Å². The maximum absolute atomic E-state index is 12.2. The van der Waals surface area contributed by atoms with Crippen molar-refractivity contribution in [2.45, 2.75) is 65.1 Å². The molecule has 1 fully saturated rings. The van der Waals surface area contributed by atoms with Crippen molar-refractivity contribution in [3.05, 3.63) is 0 Å². The standard InChI is InChI=1S/C20H42N6O.HI/c1-16(2)26(17(3)4)15-12-23-20(21-5)22-11-9-14-25-13-8-10-18(25)19(27)24(6)7;/h16-18H,8-15H2,1-7H3,(H2,21,22,23);1H. The third kappa shape index (κ3) is 9.26. The molecule has 7 nitrogen and oxygen atoms in total. The largest absolute Gasteiger partial charge is 0.356 e. The van der Waals surface area contributed by atoms with Gasteiger partial charge >= 0.3 is 0 Å². The van der Waals surface area contributed by atoms with Crippen LogP contribution in [0.3, 0.4) is 0 Å². The average molecular weight is 511 g/mol. The average Bonchev–Trinajstić information content (AvgIpc) is 3.07. The van der Waals surface area contributed by atoms with Gasteiger partial charge in [0.2, 0.25) is 5.91 Å². The molecule has 1 aliphatic heterocycles. The van der Waals surface area contributed by atoms with Crippen LogP contribution in [0.15, 0.2) is 4.99 Å². The number of halogens is 1. The number of hydrogen-bond acceptors (Lipinski definition) is 4. The van der Waals surface area contributed by atoms with Crippen LogP contribution < -0.4 is 10.6 Å². The highest BCUT2D eigenvalue weighted by Gasteiger charge is 2.30. The van der Waals surface area contributed by atoms with Gasteiger partial charge in [0, 0.05) is 59.4 Å². The SMILES string of the molecule is CN=C(NCCCN1CCCC1C(=O)N(C)C)NCCN(C(C)C)C(C)C.I. The van der Waals surface area contributed by atoms with Crippen LogP contribution in [0.25, 0.3) is 0 Å². The number of amides is 1. The van der Waals surface area contributed by atoms with Crippen molar-refractivity contribution in [1.29, 1.82) is 0 Å². The molecular formula is C20H43IN6O. The smallest absolute Gasteiger partial charge is 0.239 e. The Morgan fingerprint density at radius 1 is 1.14 bits per heavy atom. The van der Waals surface area contributed by atoms with Crippen molar-refractivity contribution in [3.8, 4) is 0 Å². The summed E-state index contributed by atoms with van der Waals surface area (Å²) in [6, 6.07) is 1.15. The second-order valence-corrected chi connectivity index (χ2v) is 8.13. The van der Waals surface area contributed by atoms with Crippen LogP contribution >= 0.6 is 24.0 Å². The summed E-state index contributed by atoms with van der Waals surface area (Å²) in [5.41, 5.74) is 0. The first-order chi connectivity index (χ1) is 12.8. The molecule has 0 aromatic rings. The van der Waals surface area contributed by atoms with Gasteiger partial charge in [0.05, 0.1) is 6.04 Å². The molecule has 0 radical (unpaired) electrons. The van der Waals surface area contributed by atoms with Crippen molar-refractivity contribution in [1.82, 2.24) is 25.3 Å². The van der Waals surface area contributed by atoms with E-state index in [1.165, 1.54) is 0 Å². The number of nitrogens with one attached hydrogen (secondary N) is 2. The van der Waals surface area contributed by atoms with E-state index < -0.39 is 0 Å². The summed E-state index contributed by atoms with van der Waals surface area (Å²) in [4.78, 5) is 23.1. The van der Waals surface area contributed by atoms with E-state index >= 15 is 0 Å². The predicted molar refractivity (Wildman–Crippen MR) is 130 cm³/mol. The Morgan fingerprint density at radius 2 is 1.75 bits per heavy atom. The zero-order valence-electron chi connectivity index (χ0n) is 19.0. The number of likely N-dealkylation sites (N-methyl/N-ethyl adjacent to an activating group) is 1. The Morgan fingerprint density at radius 3 is 2.29 bits per heavy atom. The molecule has 8 heteroatoms. The van der Waals surface area contributed by atoms with E-state index in [0.717, 1.165) is 57.9 Å². The molecule has 1 atom stereocenters. The summed E-state index contributed by atoms with van der Waals surface area (Å²) in [6.07, 6.45) is 3.10. The molecule has 0 aromatic carbocycles. The highest BCUT2D eigenvalue weighted by atomic mass is 127. The van der Waals surface area contributed by atoms with Crippen LogP contribution in [-0.2, 0) is 4.79 Å². The number of rotatable bonds is 10. The molecule has 2 N–H and O–H groups in total. The minimum Gasteiger partial charge on any atom is -0.356 e. The molecule has 1 aliphatic rings. The molecule has 0 aromatic heterocycles. The molecule has 28 heavy (non-hydrogen) atoms. The maximum Gasteiger partial charge on any atom is 0.239 e. The van der Waals surface area contributed by atoms with Crippen LogP contribution in [0.4, 0.5) is 0 Å². The summed E-state index contributed by atoms with van der Waals surface area (Å²) in [7, 11) is 5.50. The van der Waals surface area contributed by atoms with E-state index in [1.807, 2.05) is 21.1 Å². The minimum absolute atomic E-state index is 0. The Labute approximate surface area is 189 Å². The van der Waals surface area contributed by atoms with Crippen LogP contribution in [0.1, 0.15) is 47.0 Å². The van der Waals surface area contributed by atoms with Crippen molar-refractivity contribution in [2.24, 2.45) is 4.99 Å². The fourth-order valence-electron chi connectivity index (χ4n) is 3.80. The number of guanidine groups is 1. The summed E-state index contributed by atoms with van der Waals surface area (Å²) in [6.45, 7) is 13.6. The maximum atomic E-state index is 12.2. The van der Waals surface area contributed by atoms with Crippen LogP contribution in [0.5, 0.6) is 0 Å². The van der Waals surface area contributed by atoms with E-state index in [4.69, 9.17) is 0 Å². The molecule has 1 rings (SSSR count). The molecule has 1 amide bonds. The topological polar surface area (TPSA) is 63.2 Å². The lowest BCUT2D eigenvalue weighted by atomic mass is 10.2. The quantitative estimate of drug-likeness (QED) is 0.203. The van der Waals surface area contributed by atoms with E-state index in [-0.39, 0.29) is 35.9 Å². The molecule has 1 unspecified atom stereocenters. The summed E-state index contributed by atoms with van der Waals surface area (Å²) in [5.74, 6) is 1.09. The lowest BCUT2D eigenvalue weighted by molar-refractivity contribution is -0.133. The Balaban J connectivity index is 0.00000729. The fraction of sp³-hybridized carbons (Fsp3) is 0.900. The number of aliphatic imine (C=N–C) groups is 1. The molecular weight excluding hydrogens is 467 g/mol. The van der Waals surface area contributed by atoms with Gasteiger partial charge in [-0.05, 0) is 53.5 Å². The fourth-order valence-corrected chi connectivity index (χ4v) is 3.80. The molecule has 0 saturated carbocycles. The first-order valence-corrected chi connectivity index (χ1v) is 10.4. The number of likely N-dealkylation sites (tertiary alicyclic amines) is 1. The minimum atomic E-state index is 0. The summed E-state index contributed by atoms with van der Waals surface area (Å²) < 4.78 is 0. The van der Waals surface area contributed by atoms with E-state index in [2.05, 4.69) is 53.1 Å². The third-order valence-corrected chi connectivity index (χ3v) is 5.22. The van der Waals surface area contributed by atoms with E-state index in [0.29, 0.717) is 12.1 Å². The van der Waals surface area contributed by atoms with Crippen molar-refractivity contribution < 1.29 is 4.79 Å². The highest BCUT2D eigenvalue weighted by molar-refractivity contribution is 14.0. The molecule has 0 aliphatic carbocycles. The monoisotopic (exact) mass is 510 g/mol. The zero-order valence-corrected chi connectivity index (χ0v) is 21.3. The van der Waals surface area contributed by atoms with Crippen LogP contribution in [0, 0.1) is 0 Å². The van der Waals surface area contributed by atoms with Crippen LogP contribution in [-0.4, -0.2) is 98.6 Å². The zero-order chi connectivity index (χ0) is 20.4. The van der Waals surface area contributed by atoms with Gasteiger partial charge in [-0.15, -0.1) is 24.0 Å². The normalized spacial score (nSPS) is 17.9. The van der Waals surface area contributed by atoms with Gasteiger partial charge in [0.15, 0.2) is 5.96 Å². The van der Waals surface area contributed by atoms with Gasteiger partial charge in [-0.3, -0.25) is 19.6 Å². The van der Waals surface area contributed by atoms with Gasteiger partial charge in [-0.25, -0.2) is 0 Å². The second-order valence-electron chi connectivity index (χ2n) is 8.13. The number of carbonyl (C=O) groups excluding carboxylic acids is 1. The van der Waals surface area contributed by atoms with Gasteiger partial charge < -0.3 is 15.5 Å². The first-order valence-electron chi connectivity index (χ1n) is 10.4. The van der Waals surface area contributed by atoms with Crippen molar-refractivity contribution in [2.75, 3.05) is 53.9 Å². The van der Waals surface area contributed by atoms with E-state index in [9.17, 15) is 4.79 Å². The second kappa shape index (κ2) is 14.4. The van der Waals surface area contributed by atoms with Gasteiger partial charge in [-0.1, -0.05) is 0 Å². The molecule has 1 saturated heterocycles. The van der Waals surface area contributed by atoms with Crippen molar-refractivity contribution >= 4 is 35.8 Å². The number of carbonyl (C=O) groups is 1. The number of hydrogen-bond donors (Lipinski definition) is 2. The van der Waals surface area contributed by atoms with Crippen molar-refractivity contribution in [3.63, 3.8) is 0 Å². The predicted octanol–water partition coefficient (Wildman–Crippen LogP) is 1.83. The molecule has 1 heterocycles. The Hall–Kier alpha value is -0.610. The Bertz CT molecular complexity index is 462. The third-order valence-electron chi connectivity index (χ3n) is 5.22. The molecule has 0 spiro atoms. The number of nitrogens with zero attached hydrogens (tertiary/aromatic N) is 4.